The highest BCUT2D eigenvalue weighted by molar-refractivity contribution is 6.00. The summed E-state index contributed by atoms with van der Waals surface area (Å²) < 4.78 is 0. The Bertz CT molecular complexity index is 543. The fraction of sp³-hybridized carbons (Fsp3) is 0.529. The van der Waals surface area contributed by atoms with E-state index >= 15 is 0 Å². The smallest absolute Gasteiger partial charge is 0.249 e. The second-order valence-corrected chi connectivity index (χ2v) is 6.87. The molecule has 1 unspecified atom stereocenters. The molecule has 0 bridgehead atoms. The Morgan fingerprint density at radius 2 is 1.91 bits per heavy atom. The molecule has 2 amide bonds. The lowest BCUT2D eigenvalue weighted by Gasteiger charge is -2.34. The summed E-state index contributed by atoms with van der Waals surface area (Å²) in [6, 6.07) is 8.41. The van der Waals surface area contributed by atoms with E-state index in [0.29, 0.717) is 13.0 Å². The molecule has 1 aromatic rings. The summed E-state index contributed by atoms with van der Waals surface area (Å²) in [5.41, 5.74) is 6.50. The molecule has 6 heteroatoms. The van der Waals surface area contributed by atoms with Crippen molar-refractivity contribution in [1.82, 2.24) is 5.32 Å². The Labute approximate surface area is 144 Å². The highest BCUT2D eigenvalue weighted by Gasteiger charge is 2.34. The monoisotopic (exact) mass is 339 g/mol. The number of carbonyl (C=O) groups excluding carboxylic acids is 2. The van der Waals surface area contributed by atoms with E-state index in [9.17, 15) is 9.59 Å². The third kappa shape index (κ3) is 4.69. The number of amides is 2. The summed E-state index contributed by atoms with van der Waals surface area (Å²) in [5, 5.41) is 2.82. The van der Waals surface area contributed by atoms with Gasteiger partial charge in [0.25, 0.3) is 0 Å². The molecule has 1 aliphatic heterocycles. The van der Waals surface area contributed by atoms with Crippen molar-refractivity contribution in [2.75, 3.05) is 11.4 Å². The summed E-state index contributed by atoms with van der Waals surface area (Å²) in [4.78, 5) is 26.6. The van der Waals surface area contributed by atoms with E-state index in [2.05, 4.69) is 5.32 Å². The van der Waals surface area contributed by atoms with Crippen LogP contribution in [0.5, 0.6) is 0 Å². The molecule has 1 saturated heterocycles. The minimum absolute atomic E-state index is 0. The Morgan fingerprint density at radius 1 is 1.30 bits per heavy atom. The summed E-state index contributed by atoms with van der Waals surface area (Å²) in [6.07, 6.45) is 1.51. The third-order valence-corrected chi connectivity index (χ3v) is 4.04. The van der Waals surface area contributed by atoms with Crippen LogP contribution >= 0.6 is 12.4 Å². The highest BCUT2D eigenvalue weighted by atomic mass is 35.5. The van der Waals surface area contributed by atoms with Gasteiger partial charge in [-0.15, -0.1) is 12.4 Å². The minimum Gasteiger partial charge on any atom is -0.343 e. The van der Waals surface area contributed by atoms with Gasteiger partial charge in [0.05, 0.1) is 6.04 Å². The summed E-state index contributed by atoms with van der Waals surface area (Å²) in [5.74, 6) is -0.326. The van der Waals surface area contributed by atoms with Crippen LogP contribution in [0, 0.1) is 5.41 Å². The molecule has 1 aromatic carbocycles. The Hall–Kier alpha value is -1.59. The Balaban J connectivity index is 0.00000264. The molecule has 2 atom stereocenters. The normalized spacial score (nSPS) is 19.7. The first-order valence-corrected chi connectivity index (χ1v) is 7.73. The van der Waals surface area contributed by atoms with Crippen LogP contribution < -0.4 is 16.0 Å². The number of anilines is 1. The first-order chi connectivity index (χ1) is 10.3. The van der Waals surface area contributed by atoms with Crippen LogP contribution in [0.2, 0.25) is 0 Å². The van der Waals surface area contributed by atoms with Gasteiger partial charge in [-0.3, -0.25) is 9.59 Å². The summed E-state index contributed by atoms with van der Waals surface area (Å²) in [6.45, 7) is 6.42. The fourth-order valence-electron chi connectivity index (χ4n) is 2.53. The van der Waals surface area contributed by atoms with Crippen molar-refractivity contribution in [2.24, 2.45) is 11.1 Å². The Morgan fingerprint density at radius 3 is 2.48 bits per heavy atom. The molecular weight excluding hydrogens is 314 g/mol. The molecule has 1 heterocycles. The Kier molecular flexibility index (Phi) is 6.59. The number of carbonyl (C=O) groups is 2. The summed E-state index contributed by atoms with van der Waals surface area (Å²) >= 11 is 0. The lowest BCUT2D eigenvalue weighted by molar-refractivity contribution is -0.130. The van der Waals surface area contributed by atoms with Gasteiger partial charge in [0, 0.05) is 12.2 Å². The van der Waals surface area contributed by atoms with E-state index < -0.39 is 12.1 Å². The molecule has 1 aliphatic rings. The molecule has 0 aliphatic carbocycles. The molecule has 2 rings (SSSR count). The maximum absolute atomic E-state index is 12.6. The number of halogens is 1. The number of benzene rings is 1. The average Bonchev–Trinajstić information content (AvgIpc) is 2.48. The fourth-order valence-corrected chi connectivity index (χ4v) is 2.53. The van der Waals surface area contributed by atoms with Crippen molar-refractivity contribution in [1.29, 1.82) is 0 Å². The molecule has 1 fully saturated rings. The largest absolute Gasteiger partial charge is 0.343 e. The molecule has 0 spiro atoms. The zero-order valence-electron chi connectivity index (χ0n) is 13.9. The minimum atomic E-state index is -0.632. The van der Waals surface area contributed by atoms with Crippen molar-refractivity contribution in [3.63, 3.8) is 0 Å². The molecule has 5 nitrogen and oxygen atoms in total. The lowest BCUT2D eigenvalue weighted by atomic mass is 9.86. The number of nitrogens with one attached hydrogen (secondary N) is 1. The van der Waals surface area contributed by atoms with Gasteiger partial charge in [0.15, 0.2) is 0 Å². The van der Waals surface area contributed by atoms with Crippen LogP contribution in [0.4, 0.5) is 5.69 Å². The first kappa shape index (κ1) is 19.5. The predicted molar refractivity (Wildman–Crippen MR) is 94.6 cm³/mol. The highest BCUT2D eigenvalue weighted by Crippen LogP contribution is 2.22. The van der Waals surface area contributed by atoms with E-state index in [4.69, 9.17) is 5.73 Å². The van der Waals surface area contributed by atoms with Gasteiger partial charge < -0.3 is 16.0 Å². The zero-order valence-corrected chi connectivity index (χ0v) is 14.7. The number of para-hydroxylation sites is 1. The SMILES string of the molecule is CC(C)(C)[C@H](N)C(=O)NC1CCCN(c2ccccc2)C1=O.Cl. The van der Waals surface area contributed by atoms with Crippen molar-refractivity contribution in [3.8, 4) is 0 Å². The average molecular weight is 340 g/mol. The van der Waals surface area contributed by atoms with Gasteiger partial charge in [0.2, 0.25) is 11.8 Å². The number of nitrogens with zero attached hydrogens (tertiary/aromatic N) is 1. The van der Waals surface area contributed by atoms with E-state index in [-0.39, 0.29) is 29.6 Å². The molecule has 128 valence electrons. The van der Waals surface area contributed by atoms with E-state index in [1.165, 1.54) is 0 Å². The van der Waals surface area contributed by atoms with Gasteiger partial charge >= 0.3 is 0 Å². The maximum Gasteiger partial charge on any atom is 0.249 e. The third-order valence-electron chi connectivity index (χ3n) is 4.04. The first-order valence-electron chi connectivity index (χ1n) is 7.73. The summed E-state index contributed by atoms with van der Waals surface area (Å²) in [7, 11) is 0. The van der Waals surface area contributed by atoms with Crippen LogP contribution in [0.15, 0.2) is 30.3 Å². The molecule has 23 heavy (non-hydrogen) atoms. The van der Waals surface area contributed by atoms with Gasteiger partial charge in [-0.1, -0.05) is 39.0 Å². The number of nitrogens with two attached hydrogens (primary N) is 1. The number of piperidine rings is 1. The van der Waals surface area contributed by atoms with Crippen LogP contribution in [0.1, 0.15) is 33.6 Å². The zero-order chi connectivity index (χ0) is 16.3. The second kappa shape index (κ2) is 7.79. The topological polar surface area (TPSA) is 75.4 Å². The van der Waals surface area contributed by atoms with Crippen LogP contribution in [0.25, 0.3) is 0 Å². The number of rotatable bonds is 3. The molecule has 0 radical (unpaired) electrons. The number of hydrogen-bond donors (Lipinski definition) is 2. The van der Waals surface area contributed by atoms with E-state index in [1.807, 2.05) is 51.1 Å². The van der Waals surface area contributed by atoms with Gasteiger partial charge in [-0.2, -0.15) is 0 Å². The van der Waals surface area contributed by atoms with Crippen molar-refractivity contribution < 1.29 is 9.59 Å². The van der Waals surface area contributed by atoms with Crippen molar-refractivity contribution in [2.45, 2.75) is 45.7 Å². The van der Waals surface area contributed by atoms with Crippen LogP contribution in [0.3, 0.4) is 0 Å². The molecular formula is C17H26ClN3O2. The predicted octanol–water partition coefficient (Wildman–Crippen LogP) is 2.09. The van der Waals surface area contributed by atoms with Crippen LogP contribution in [-0.2, 0) is 9.59 Å². The van der Waals surface area contributed by atoms with E-state index in [0.717, 1.165) is 12.1 Å². The number of hydrogen-bond acceptors (Lipinski definition) is 3. The molecule has 0 aromatic heterocycles. The van der Waals surface area contributed by atoms with Gasteiger partial charge in [-0.25, -0.2) is 0 Å². The van der Waals surface area contributed by atoms with Crippen molar-refractivity contribution in [3.05, 3.63) is 30.3 Å². The quantitative estimate of drug-likeness (QED) is 0.885. The van der Waals surface area contributed by atoms with Gasteiger partial charge in [0.1, 0.15) is 6.04 Å². The molecule has 0 saturated carbocycles. The standard InChI is InChI=1S/C17H25N3O2.ClH/c1-17(2,3)14(18)15(21)19-13-10-7-11-20(16(13)22)12-8-5-4-6-9-12;/h4-6,8-9,13-14H,7,10-11,18H2,1-3H3,(H,19,21);1H/t13?,14-;/m1./s1. The maximum atomic E-state index is 12.6. The van der Waals surface area contributed by atoms with Crippen molar-refractivity contribution >= 4 is 29.9 Å². The van der Waals surface area contributed by atoms with Gasteiger partial charge in [-0.05, 0) is 30.4 Å². The van der Waals surface area contributed by atoms with Crippen LogP contribution in [-0.4, -0.2) is 30.4 Å². The van der Waals surface area contributed by atoms with E-state index in [1.54, 1.807) is 4.90 Å². The lowest BCUT2D eigenvalue weighted by Crippen LogP contribution is -2.57. The molecule has 3 N–H and O–H groups in total. The second-order valence-electron chi connectivity index (χ2n) is 6.87.